The maximum atomic E-state index is 12.8. The zero-order valence-electron chi connectivity index (χ0n) is 17.2. The van der Waals surface area contributed by atoms with Crippen LogP contribution in [-0.2, 0) is 23.1 Å². The average Bonchev–Trinajstić information content (AvgIpc) is 2.95. The van der Waals surface area contributed by atoms with E-state index in [0.717, 1.165) is 36.7 Å². The number of benzene rings is 1. The van der Waals surface area contributed by atoms with Crippen molar-refractivity contribution in [1.82, 2.24) is 14.5 Å². The number of hydrogen-bond donors (Lipinski definition) is 2. The number of nitrogens with one attached hydrogen (secondary N) is 1. The molecule has 2 N–H and O–H groups in total. The molecule has 7 nitrogen and oxygen atoms in total. The highest BCUT2D eigenvalue weighted by Crippen LogP contribution is 2.24. The molecule has 1 unspecified atom stereocenters. The molecule has 1 aromatic heterocycles. The lowest BCUT2D eigenvalue weighted by molar-refractivity contribution is -0.135. The van der Waals surface area contributed by atoms with Gasteiger partial charge in [-0.05, 0) is 43.4 Å². The molecule has 2 heterocycles. The Morgan fingerprint density at radius 1 is 1.00 bits per heavy atom. The molecule has 0 saturated carbocycles. The third kappa shape index (κ3) is 4.96. The summed E-state index contributed by atoms with van der Waals surface area (Å²) in [5.74, 6) is -0.686. The lowest BCUT2D eigenvalue weighted by Gasteiger charge is -2.21. The van der Waals surface area contributed by atoms with Crippen molar-refractivity contribution in [1.29, 1.82) is 0 Å². The number of imide groups is 1. The molecule has 29 heavy (non-hydrogen) atoms. The average molecular weight is 402 g/mol. The van der Waals surface area contributed by atoms with Crippen LogP contribution in [0, 0.1) is 0 Å². The van der Waals surface area contributed by atoms with Crippen molar-refractivity contribution in [3.05, 3.63) is 34.2 Å². The van der Waals surface area contributed by atoms with Gasteiger partial charge in [-0.1, -0.05) is 38.2 Å². The number of carbonyl (C=O) groups is 2. The van der Waals surface area contributed by atoms with Crippen LogP contribution in [0.3, 0.4) is 0 Å². The number of aryl methyl sites for hydroxylation is 2. The number of hydrogen-bond acceptors (Lipinski definition) is 4. The zero-order chi connectivity index (χ0) is 20.8. The monoisotopic (exact) mass is 401 g/mol. The van der Waals surface area contributed by atoms with Crippen LogP contribution < -0.4 is 11.0 Å². The van der Waals surface area contributed by atoms with E-state index in [1.165, 1.54) is 35.8 Å². The van der Waals surface area contributed by atoms with Gasteiger partial charge in [0.05, 0.1) is 11.0 Å². The van der Waals surface area contributed by atoms with Crippen LogP contribution in [0.25, 0.3) is 11.0 Å². The predicted octanol–water partition coefficient (Wildman–Crippen LogP) is 2.58. The molecule has 1 aliphatic rings. The lowest BCUT2D eigenvalue weighted by Crippen LogP contribution is -2.44. The maximum Gasteiger partial charge on any atom is 0.329 e. The molecule has 0 radical (unpaired) electrons. The van der Waals surface area contributed by atoms with Gasteiger partial charge in [-0.2, -0.15) is 0 Å². The van der Waals surface area contributed by atoms with Crippen molar-refractivity contribution in [2.45, 2.75) is 70.3 Å². The van der Waals surface area contributed by atoms with Crippen LogP contribution in [0.4, 0.5) is 0 Å². The Morgan fingerprint density at radius 3 is 2.38 bits per heavy atom. The number of aromatic nitrogens is 2. The second kappa shape index (κ2) is 9.87. The van der Waals surface area contributed by atoms with Gasteiger partial charge in [-0.15, -0.1) is 0 Å². The van der Waals surface area contributed by atoms with Crippen molar-refractivity contribution in [2.75, 3.05) is 6.61 Å². The van der Waals surface area contributed by atoms with Crippen molar-refractivity contribution >= 4 is 22.8 Å². The highest BCUT2D eigenvalue weighted by atomic mass is 16.3. The second-order valence-electron chi connectivity index (χ2n) is 7.95. The number of aliphatic hydroxyl groups is 1. The molecule has 0 spiro atoms. The number of carbonyl (C=O) groups excluding carboxylic acids is 2. The SMILES string of the molecule is Cn1c(=O)n(C2CCC(=O)NC2=O)c2ccc(CCCCCCCCCO)cc21. The minimum Gasteiger partial charge on any atom is -0.396 e. The highest BCUT2D eigenvalue weighted by Gasteiger charge is 2.31. The molecule has 158 valence electrons. The summed E-state index contributed by atoms with van der Waals surface area (Å²) < 4.78 is 3.11. The summed E-state index contributed by atoms with van der Waals surface area (Å²) in [5, 5.41) is 11.1. The highest BCUT2D eigenvalue weighted by molar-refractivity contribution is 6.00. The van der Waals surface area contributed by atoms with E-state index in [2.05, 4.69) is 5.32 Å². The van der Waals surface area contributed by atoms with Gasteiger partial charge in [0.2, 0.25) is 11.8 Å². The number of unbranched alkanes of at least 4 members (excludes halogenated alkanes) is 6. The number of rotatable bonds is 10. The van der Waals surface area contributed by atoms with Crippen LogP contribution in [-0.4, -0.2) is 32.7 Å². The Kier molecular flexibility index (Phi) is 7.25. The van der Waals surface area contributed by atoms with E-state index in [4.69, 9.17) is 5.11 Å². The minimum absolute atomic E-state index is 0.227. The largest absolute Gasteiger partial charge is 0.396 e. The van der Waals surface area contributed by atoms with Crippen molar-refractivity contribution in [3.63, 3.8) is 0 Å². The zero-order valence-corrected chi connectivity index (χ0v) is 17.2. The Labute approximate surface area is 170 Å². The van der Waals surface area contributed by atoms with E-state index < -0.39 is 11.9 Å². The van der Waals surface area contributed by atoms with Crippen LogP contribution in [0.2, 0.25) is 0 Å². The summed E-state index contributed by atoms with van der Waals surface area (Å²) in [5.41, 5.74) is 2.52. The van der Waals surface area contributed by atoms with Crippen LogP contribution >= 0.6 is 0 Å². The van der Waals surface area contributed by atoms with Gasteiger partial charge in [0, 0.05) is 20.1 Å². The van der Waals surface area contributed by atoms with Crippen LogP contribution in [0.15, 0.2) is 23.0 Å². The van der Waals surface area contributed by atoms with Crippen molar-refractivity contribution in [3.8, 4) is 0 Å². The molecule has 2 aromatic rings. The summed E-state index contributed by atoms with van der Waals surface area (Å²) in [6, 6.07) is 5.36. The molecule has 0 aliphatic carbocycles. The molecule has 3 rings (SSSR count). The van der Waals surface area contributed by atoms with Gasteiger partial charge in [0.15, 0.2) is 0 Å². The topological polar surface area (TPSA) is 93.3 Å². The molecule has 1 fully saturated rings. The van der Waals surface area contributed by atoms with Crippen LogP contribution in [0.1, 0.15) is 69.4 Å². The third-order valence-electron chi connectivity index (χ3n) is 5.80. The summed E-state index contributed by atoms with van der Waals surface area (Å²) in [6.07, 6.45) is 9.44. The van der Waals surface area contributed by atoms with E-state index in [-0.39, 0.29) is 24.6 Å². The summed E-state index contributed by atoms with van der Waals surface area (Å²) in [4.78, 5) is 36.5. The number of aliphatic hydroxyl groups excluding tert-OH is 1. The van der Waals surface area contributed by atoms with Crippen molar-refractivity contribution < 1.29 is 14.7 Å². The molecular formula is C22H31N3O4. The molecule has 1 aromatic carbocycles. The van der Waals surface area contributed by atoms with E-state index in [1.807, 2.05) is 18.2 Å². The fourth-order valence-corrected chi connectivity index (χ4v) is 4.12. The summed E-state index contributed by atoms with van der Waals surface area (Å²) in [6.45, 7) is 0.288. The number of piperidine rings is 1. The maximum absolute atomic E-state index is 12.8. The minimum atomic E-state index is -0.638. The Morgan fingerprint density at radius 2 is 1.69 bits per heavy atom. The third-order valence-corrected chi connectivity index (χ3v) is 5.80. The van der Waals surface area contributed by atoms with Gasteiger partial charge in [0.25, 0.3) is 0 Å². The Hall–Kier alpha value is -2.41. The first-order chi connectivity index (χ1) is 14.0. The van der Waals surface area contributed by atoms with Crippen LogP contribution in [0.5, 0.6) is 0 Å². The number of imidazole rings is 1. The van der Waals surface area contributed by atoms with Gasteiger partial charge in [-0.3, -0.25) is 24.0 Å². The van der Waals surface area contributed by atoms with Gasteiger partial charge < -0.3 is 5.11 Å². The normalized spacial score (nSPS) is 17.1. The predicted molar refractivity (Wildman–Crippen MR) is 112 cm³/mol. The smallest absolute Gasteiger partial charge is 0.329 e. The second-order valence-corrected chi connectivity index (χ2v) is 7.95. The summed E-state index contributed by atoms with van der Waals surface area (Å²) in [7, 11) is 1.73. The molecule has 0 bridgehead atoms. The quantitative estimate of drug-likeness (QED) is 0.473. The van der Waals surface area contributed by atoms with E-state index in [9.17, 15) is 14.4 Å². The Balaban J connectivity index is 1.65. The fourth-order valence-electron chi connectivity index (χ4n) is 4.12. The van der Waals surface area contributed by atoms with Gasteiger partial charge in [-0.25, -0.2) is 4.79 Å². The first-order valence-corrected chi connectivity index (χ1v) is 10.7. The van der Waals surface area contributed by atoms with E-state index in [0.29, 0.717) is 6.42 Å². The van der Waals surface area contributed by atoms with E-state index in [1.54, 1.807) is 11.6 Å². The number of nitrogens with zero attached hydrogens (tertiary/aromatic N) is 2. The molecule has 2 amide bonds. The molecule has 1 aliphatic heterocycles. The molecule has 1 atom stereocenters. The van der Waals surface area contributed by atoms with E-state index >= 15 is 0 Å². The fraction of sp³-hybridized carbons (Fsp3) is 0.591. The van der Waals surface area contributed by atoms with Gasteiger partial charge >= 0.3 is 5.69 Å². The first-order valence-electron chi connectivity index (χ1n) is 10.7. The molecule has 1 saturated heterocycles. The Bertz CT molecular complexity index is 928. The standard InChI is InChI=1S/C22H31N3O4/c1-24-19-15-16(9-7-5-3-2-4-6-8-14-26)10-11-17(19)25(22(24)29)18-12-13-20(27)23-21(18)28/h10-11,15,18,26H,2-9,12-14H2,1H3,(H,23,27,28). The first kappa shape index (κ1) is 21.3. The molecular weight excluding hydrogens is 370 g/mol. The summed E-state index contributed by atoms with van der Waals surface area (Å²) >= 11 is 0. The number of amides is 2. The lowest BCUT2D eigenvalue weighted by atomic mass is 10.0. The number of fused-ring (bicyclic) bond motifs is 1. The van der Waals surface area contributed by atoms with Crippen molar-refractivity contribution in [2.24, 2.45) is 7.05 Å². The molecule has 7 heteroatoms. The van der Waals surface area contributed by atoms with Gasteiger partial charge in [0.1, 0.15) is 6.04 Å².